The van der Waals surface area contributed by atoms with E-state index >= 15 is 0 Å². The minimum atomic E-state index is -1.46. The third-order valence-corrected chi connectivity index (χ3v) is 8.75. The molecule has 2 N–H and O–H groups in total. The number of carboxylic acid groups (broad SMARTS) is 1. The fourth-order valence-corrected chi connectivity index (χ4v) is 6.43. The molecule has 13 nitrogen and oxygen atoms in total. The Morgan fingerprint density at radius 2 is 1.43 bits per heavy atom. The summed E-state index contributed by atoms with van der Waals surface area (Å²) < 4.78 is 23.0. The molecular formula is C34H38N4O9. The van der Waals surface area contributed by atoms with E-state index in [1.165, 1.54) is 31.3 Å². The van der Waals surface area contributed by atoms with Crippen LogP contribution in [0.5, 0.6) is 23.0 Å². The summed E-state index contributed by atoms with van der Waals surface area (Å²) in [5.74, 6) is 0.949. The summed E-state index contributed by atoms with van der Waals surface area (Å²) in [5.41, 5.74) is 3.12. The third-order valence-electron chi connectivity index (χ3n) is 8.75. The Morgan fingerprint density at radius 3 is 2.09 bits per heavy atom. The molecule has 0 aromatic heterocycles. The number of carbonyl (C=O) groups excluding carboxylic acids is 2. The summed E-state index contributed by atoms with van der Waals surface area (Å²) in [6.45, 7) is 4.51. The number of unbranched alkanes of at least 4 members (excludes halogenated alkanes) is 2. The number of aliphatic hydroxyl groups is 1. The Balaban J connectivity index is 1.07. The third kappa shape index (κ3) is 5.98. The average Bonchev–Trinajstić information content (AvgIpc) is 3.58. The number of fused-ring (bicyclic) bond motifs is 4. The van der Waals surface area contributed by atoms with Crippen molar-refractivity contribution >= 4 is 35.5 Å². The SMILES string of the molecule is COc1cc2c(cc1OCCCCCOc1cc3c(cc1OC)C(=O)N1C=C(C)C[C@H]1[C@H](O)N3C(=O)O)N=C[C@@H]1CC(C)=CN1C2=O. The first-order valence-electron chi connectivity index (χ1n) is 15.5. The standard InChI is InChI=1S/C34H38N4O9/c1-19-10-21-16-35-24-14-29(27(44-3)12-22(24)31(39)36(21)17-19)46-8-6-5-7-9-47-30-15-25-23(13-28(30)45-4)32(40)37-18-20(2)11-26(37)33(41)38(25)34(42)43/h12-18,21,26,33,41H,5-11H2,1-4H3,(H,42,43)/t21-,26-,33-/m0/s1. The van der Waals surface area contributed by atoms with Crippen molar-refractivity contribution in [1.29, 1.82) is 0 Å². The van der Waals surface area contributed by atoms with Gasteiger partial charge in [0, 0.05) is 30.7 Å². The highest BCUT2D eigenvalue weighted by atomic mass is 16.5. The number of anilines is 1. The van der Waals surface area contributed by atoms with E-state index in [-0.39, 0.29) is 34.7 Å². The number of hydrogen-bond donors (Lipinski definition) is 2. The molecule has 0 spiro atoms. The fourth-order valence-electron chi connectivity index (χ4n) is 6.43. The number of aliphatic hydroxyl groups excluding tert-OH is 1. The fraction of sp³-hybridized carbons (Fsp3) is 0.412. The minimum Gasteiger partial charge on any atom is -0.493 e. The second kappa shape index (κ2) is 13.0. The summed E-state index contributed by atoms with van der Waals surface area (Å²) in [7, 11) is 2.97. The van der Waals surface area contributed by atoms with Crippen molar-refractivity contribution in [1.82, 2.24) is 9.80 Å². The molecule has 0 radical (unpaired) electrons. The van der Waals surface area contributed by atoms with Crippen LogP contribution in [0.2, 0.25) is 0 Å². The van der Waals surface area contributed by atoms with Crippen molar-refractivity contribution in [3.8, 4) is 23.0 Å². The van der Waals surface area contributed by atoms with Gasteiger partial charge in [0.25, 0.3) is 11.8 Å². The normalized spacial score (nSPS) is 21.2. The predicted octanol–water partition coefficient (Wildman–Crippen LogP) is 5.10. The van der Waals surface area contributed by atoms with Crippen molar-refractivity contribution in [2.75, 3.05) is 32.3 Å². The molecule has 4 aliphatic rings. The molecule has 13 heteroatoms. The highest BCUT2D eigenvalue weighted by molar-refractivity contribution is 6.06. The van der Waals surface area contributed by atoms with Gasteiger partial charge in [-0.25, -0.2) is 9.69 Å². The molecule has 0 saturated heterocycles. The second-order valence-corrected chi connectivity index (χ2v) is 12.1. The molecule has 2 aromatic rings. The molecule has 4 aliphatic heterocycles. The van der Waals surface area contributed by atoms with Gasteiger partial charge in [0.1, 0.15) is 0 Å². The van der Waals surface area contributed by atoms with Crippen molar-refractivity contribution < 1.29 is 43.5 Å². The van der Waals surface area contributed by atoms with E-state index in [0.717, 1.165) is 28.9 Å². The van der Waals surface area contributed by atoms with Crippen LogP contribution in [0.1, 0.15) is 66.7 Å². The number of methoxy groups -OCH3 is 2. The molecule has 2 aromatic carbocycles. The van der Waals surface area contributed by atoms with Gasteiger partial charge in [-0.3, -0.25) is 14.6 Å². The minimum absolute atomic E-state index is 0.0346. The topological polar surface area (TPSA) is 151 Å². The first kappa shape index (κ1) is 31.9. The number of ether oxygens (including phenoxy) is 4. The zero-order valence-corrected chi connectivity index (χ0v) is 26.8. The number of rotatable bonds is 10. The predicted molar refractivity (Wildman–Crippen MR) is 172 cm³/mol. The molecule has 0 unspecified atom stereocenters. The van der Waals surface area contributed by atoms with Crippen LogP contribution in [0.3, 0.4) is 0 Å². The van der Waals surface area contributed by atoms with Crippen molar-refractivity contribution in [3.63, 3.8) is 0 Å². The van der Waals surface area contributed by atoms with E-state index in [4.69, 9.17) is 18.9 Å². The van der Waals surface area contributed by atoms with Crippen LogP contribution in [0.25, 0.3) is 0 Å². The maximum absolute atomic E-state index is 13.4. The Kier molecular flexibility index (Phi) is 8.82. The maximum Gasteiger partial charge on any atom is 0.414 e. The van der Waals surface area contributed by atoms with Gasteiger partial charge >= 0.3 is 6.09 Å². The highest BCUT2D eigenvalue weighted by Gasteiger charge is 2.44. The van der Waals surface area contributed by atoms with Gasteiger partial charge in [-0.2, -0.15) is 0 Å². The van der Waals surface area contributed by atoms with Crippen LogP contribution in [-0.4, -0.2) is 89.9 Å². The number of amides is 3. The summed E-state index contributed by atoms with van der Waals surface area (Å²) in [6.07, 6.45) is 5.68. The van der Waals surface area contributed by atoms with Crippen LogP contribution >= 0.6 is 0 Å². The molecule has 0 bridgehead atoms. The van der Waals surface area contributed by atoms with E-state index in [0.29, 0.717) is 55.2 Å². The lowest BCUT2D eigenvalue weighted by Crippen LogP contribution is -2.50. The molecular weight excluding hydrogens is 608 g/mol. The summed E-state index contributed by atoms with van der Waals surface area (Å²) in [4.78, 5) is 47.4. The van der Waals surface area contributed by atoms with Crippen LogP contribution in [-0.2, 0) is 0 Å². The monoisotopic (exact) mass is 646 g/mol. The number of nitrogens with zero attached hydrogens (tertiary/aromatic N) is 4. The lowest BCUT2D eigenvalue weighted by molar-refractivity contribution is 0.0573. The molecule has 6 rings (SSSR count). The van der Waals surface area contributed by atoms with E-state index in [2.05, 4.69) is 4.99 Å². The molecule has 3 amide bonds. The number of benzene rings is 2. The number of carbonyl (C=O) groups is 3. The summed E-state index contributed by atoms with van der Waals surface area (Å²) >= 11 is 0. The molecule has 0 fully saturated rings. The molecule has 248 valence electrons. The Morgan fingerprint density at radius 1 is 0.830 bits per heavy atom. The van der Waals surface area contributed by atoms with E-state index in [9.17, 15) is 24.6 Å². The quantitative estimate of drug-likeness (QED) is 0.336. The number of hydrogen-bond acceptors (Lipinski definition) is 9. The molecule has 47 heavy (non-hydrogen) atoms. The van der Waals surface area contributed by atoms with Crippen LogP contribution in [0.4, 0.5) is 16.2 Å². The largest absolute Gasteiger partial charge is 0.493 e. The van der Waals surface area contributed by atoms with Gasteiger partial charge < -0.3 is 39.0 Å². The summed E-state index contributed by atoms with van der Waals surface area (Å²) in [5, 5.41) is 21.0. The van der Waals surface area contributed by atoms with E-state index in [1.54, 1.807) is 29.4 Å². The zero-order valence-electron chi connectivity index (χ0n) is 26.8. The van der Waals surface area contributed by atoms with Crippen molar-refractivity contribution in [2.45, 2.75) is 64.3 Å². The van der Waals surface area contributed by atoms with Gasteiger partial charge in [-0.15, -0.1) is 0 Å². The lowest BCUT2D eigenvalue weighted by atomic mass is 10.1. The Hall–Kier alpha value is -5.04. The zero-order chi connectivity index (χ0) is 33.4. The number of aliphatic imine (C=N–C) groups is 1. The molecule has 0 saturated carbocycles. The Labute approximate surface area is 272 Å². The van der Waals surface area contributed by atoms with Gasteiger partial charge in [0.05, 0.1) is 62.0 Å². The molecule has 4 heterocycles. The maximum atomic E-state index is 13.4. The molecule has 0 aliphatic carbocycles. The first-order chi connectivity index (χ1) is 22.6. The highest BCUT2D eigenvalue weighted by Crippen LogP contribution is 2.42. The van der Waals surface area contributed by atoms with Gasteiger partial charge in [-0.1, -0.05) is 11.1 Å². The average molecular weight is 647 g/mol. The van der Waals surface area contributed by atoms with Crippen molar-refractivity contribution in [2.24, 2.45) is 4.99 Å². The van der Waals surface area contributed by atoms with Gasteiger partial charge in [0.2, 0.25) is 0 Å². The lowest BCUT2D eigenvalue weighted by Gasteiger charge is -2.30. The van der Waals surface area contributed by atoms with Crippen LogP contribution in [0, 0.1) is 0 Å². The summed E-state index contributed by atoms with van der Waals surface area (Å²) in [6, 6.07) is 5.48. The first-order valence-corrected chi connectivity index (χ1v) is 15.5. The van der Waals surface area contributed by atoms with E-state index < -0.39 is 24.3 Å². The van der Waals surface area contributed by atoms with Crippen LogP contribution in [0.15, 0.2) is 52.8 Å². The second-order valence-electron chi connectivity index (χ2n) is 12.1. The van der Waals surface area contributed by atoms with Gasteiger partial charge in [-0.05, 0) is 58.1 Å². The Bertz CT molecular complexity index is 1700. The molecule has 3 atom stereocenters. The van der Waals surface area contributed by atoms with E-state index in [1.807, 2.05) is 20.0 Å². The van der Waals surface area contributed by atoms with Crippen LogP contribution < -0.4 is 23.8 Å². The van der Waals surface area contributed by atoms with Gasteiger partial charge in [0.15, 0.2) is 29.2 Å². The smallest absolute Gasteiger partial charge is 0.414 e. The van der Waals surface area contributed by atoms with Crippen molar-refractivity contribution in [3.05, 3.63) is 58.9 Å².